The number of carbonyl (C=O) groups is 1. The number of non-ortho nitro benzene ring substituents is 1. The lowest BCUT2D eigenvalue weighted by Gasteiger charge is -2.24. The molecule has 0 saturated heterocycles. The van der Waals surface area contributed by atoms with Crippen LogP contribution < -0.4 is 15.5 Å². The molecule has 0 saturated carbocycles. The summed E-state index contributed by atoms with van der Waals surface area (Å²) in [6.45, 7) is 3.61. The van der Waals surface area contributed by atoms with Crippen molar-refractivity contribution in [2.24, 2.45) is 0 Å². The Balaban J connectivity index is 1.31. The number of nitro benzene ring substituents is 1. The van der Waals surface area contributed by atoms with Gasteiger partial charge in [-0.05, 0) is 43.2 Å². The molecular formula is C23H24N4O4. The molecule has 1 aromatic heterocycles. The minimum atomic E-state index is -0.437. The van der Waals surface area contributed by atoms with E-state index in [0.717, 1.165) is 12.1 Å². The Morgan fingerprint density at radius 3 is 2.71 bits per heavy atom. The normalized spacial score (nSPS) is 14.9. The summed E-state index contributed by atoms with van der Waals surface area (Å²) in [5.41, 5.74) is 3.83. The van der Waals surface area contributed by atoms with Crippen molar-refractivity contribution in [3.05, 3.63) is 87.9 Å². The van der Waals surface area contributed by atoms with Gasteiger partial charge in [0, 0.05) is 42.6 Å². The van der Waals surface area contributed by atoms with E-state index in [4.69, 9.17) is 4.42 Å². The molecule has 3 aromatic rings. The second-order valence-corrected chi connectivity index (χ2v) is 7.55. The van der Waals surface area contributed by atoms with Crippen LogP contribution in [0.3, 0.4) is 0 Å². The molecule has 1 atom stereocenters. The number of rotatable bonds is 8. The Kier molecular flexibility index (Phi) is 5.88. The van der Waals surface area contributed by atoms with E-state index in [-0.39, 0.29) is 11.6 Å². The van der Waals surface area contributed by atoms with Gasteiger partial charge in [-0.3, -0.25) is 14.9 Å². The summed E-state index contributed by atoms with van der Waals surface area (Å²) in [7, 11) is 0. The number of para-hydroxylation sites is 1. The molecule has 1 aliphatic heterocycles. The molecule has 0 spiro atoms. The number of amides is 1. The van der Waals surface area contributed by atoms with Gasteiger partial charge in [0.1, 0.15) is 5.76 Å². The van der Waals surface area contributed by atoms with E-state index in [9.17, 15) is 14.9 Å². The van der Waals surface area contributed by atoms with Crippen LogP contribution in [0, 0.1) is 10.1 Å². The van der Waals surface area contributed by atoms with Crippen molar-refractivity contribution < 1.29 is 14.1 Å². The van der Waals surface area contributed by atoms with Gasteiger partial charge in [-0.2, -0.15) is 0 Å². The molecule has 2 heterocycles. The van der Waals surface area contributed by atoms with Crippen LogP contribution in [0.2, 0.25) is 0 Å². The van der Waals surface area contributed by atoms with Gasteiger partial charge >= 0.3 is 0 Å². The van der Waals surface area contributed by atoms with Crippen molar-refractivity contribution in [1.29, 1.82) is 0 Å². The number of anilines is 2. The number of furan rings is 1. The quantitative estimate of drug-likeness (QED) is 0.325. The molecule has 1 unspecified atom stereocenters. The highest BCUT2D eigenvalue weighted by Gasteiger charge is 2.27. The first-order valence-corrected chi connectivity index (χ1v) is 10.2. The average molecular weight is 420 g/mol. The summed E-state index contributed by atoms with van der Waals surface area (Å²) in [5, 5.41) is 16.7. The maximum atomic E-state index is 12.7. The minimum Gasteiger partial charge on any atom is -0.467 e. The van der Waals surface area contributed by atoms with E-state index in [0.29, 0.717) is 37.0 Å². The zero-order valence-electron chi connectivity index (χ0n) is 17.2. The lowest BCUT2D eigenvalue weighted by atomic mass is 10.1. The number of benzene rings is 2. The highest BCUT2D eigenvalue weighted by atomic mass is 16.6. The highest BCUT2D eigenvalue weighted by molar-refractivity contribution is 5.95. The summed E-state index contributed by atoms with van der Waals surface area (Å²) in [5.74, 6) is 0.457. The standard InChI is InChI=1S/C23H24N4O4/c1-16-14-17-4-2-3-5-21(17)26(16)15-22-20(10-13-31-22)23(28)25-12-11-24-18-6-8-19(9-7-18)27(29)30/h2-10,13,16,24H,11-12,14-15H2,1H3,(H,25,28). The third-order valence-corrected chi connectivity index (χ3v) is 5.47. The largest absolute Gasteiger partial charge is 0.467 e. The summed E-state index contributed by atoms with van der Waals surface area (Å²) < 4.78 is 5.64. The Labute approximate surface area is 180 Å². The van der Waals surface area contributed by atoms with Crippen LogP contribution in [-0.2, 0) is 13.0 Å². The third kappa shape index (κ3) is 4.53. The first kappa shape index (κ1) is 20.5. The zero-order chi connectivity index (χ0) is 21.8. The number of nitro groups is 1. The fourth-order valence-electron chi connectivity index (χ4n) is 3.87. The van der Waals surface area contributed by atoms with Crippen LogP contribution in [0.5, 0.6) is 0 Å². The fraction of sp³-hybridized carbons (Fsp3) is 0.261. The lowest BCUT2D eigenvalue weighted by Crippen LogP contribution is -2.31. The van der Waals surface area contributed by atoms with Gasteiger partial charge in [0.05, 0.1) is 23.3 Å². The van der Waals surface area contributed by atoms with Crippen molar-refractivity contribution in [3.63, 3.8) is 0 Å². The Bertz CT molecular complexity index is 1080. The number of hydrogen-bond donors (Lipinski definition) is 2. The van der Waals surface area contributed by atoms with Crippen LogP contribution in [0.1, 0.15) is 28.6 Å². The molecule has 8 nitrogen and oxygen atoms in total. The van der Waals surface area contributed by atoms with Crippen LogP contribution in [0.15, 0.2) is 65.3 Å². The monoisotopic (exact) mass is 420 g/mol. The number of nitrogens with one attached hydrogen (secondary N) is 2. The topological polar surface area (TPSA) is 101 Å². The molecule has 1 aliphatic rings. The molecule has 2 N–H and O–H groups in total. The van der Waals surface area contributed by atoms with Crippen LogP contribution >= 0.6 is 0 Å². The molecule has 0 fully saturated rings. The van der Waals surface area contributed by atoms with Crippen molar-refractivity contribution in [1.82, 2.24) is 5.32 Å². The predicted molar refractivity (Wildman–Crippen MR) is 118 cm³/mol. The van der Waals surface area contributed by atoms with Crippen molar-refractivity contribution in [3.8, 4) is 0 Å². The Morgan fingerprint density at radius 2 is 1.94 bits per heavy atom. The summed E-state index contributed by atoms with van der Waals surface area (Å²) in [6.07, 6.45) is 2.53. The van der Waals surface area contributed by atoms with E-state index < -0.39 is 4.92 Å². The van der Waals surface area contributed by atoms with Crippen LogP contribution in [-0.4, -0.2) is 30.0 Å². The predicted octanol–water partition coefficient (Wildman–Crippen LogP) is 3.98. The number of fused-ring (bicyclic) bond motifs is 1. The van der Waals surface area contributed by atoms with Crippen LogP contribution in [0.25, 0.3) is 0 Å². The Morgan fingerprint density at radius 1 is 1.16 bits per heavy atom. The number of nitrogens with zero attached hydrogens (tertiary/aromatic N) is 2. The van der Waals surface area contributed by atoms with Gasteiger partial charge in [-0.25, -0.2) is 0 Å². The fourth-order valence-corrected chi connectivity index (χ4v) is 3.87. The second kappa shape index (κ2) is 8.91. The first-order chi connectivity index (χ1) is 15.0. The van der Waals surface area contributed by atoms with Gasteiger partial charge in [0.25, 0.3) is 11.6 Å². The molecule has 31 heavy (non-hydrogen) atoms. The maximum Gasteiger partial charge on any atom is 0.269 e. The summed E-state index contributed by atoms with van der Waals surface area (Å²) in [6, 6.07) is 16.5. The SMILES string of the molecule is CC1Cc2ccccc2N1Cc1occc1C(=O)NCCNc1ccc([N+](=O)[O-])cc1. The second-order valence-electron chi connectivity index (χ2n) is 7.55. The van der Waals surface area contributed by atoms with Crippen molar-refractivity contribution >= 4 is 23.0 Å². The maximum absolute atomic E-state index is 12.7. The van der Waals surface area contributed by atoms with E-state index >= 15 is 0 Å². The summed E-state index contributed by atoms with van der Waals surface area (Å²) >= 11 is 0. The van der Waals surface area contributed by atoms with Gasteiger partial charge in [0.15, 0.2) is 0 Å². The number of hydrogen-bond acceptors (Lipinski definition) is 6. The molecule has 8 heteroatoms. The number of carbonyl (C=O) groups excluding carboxylic acids is 1. The summed E-state index contributed by atoms with van der Waals surface area (Å²) in [4.78, 5) is 25.2. The third-order valence-electron chi connectivity index (χ3n) is 5.47. The van der Waals surface area contributed by atoms with Gasteiger partial charge in [-0.1, -0.05) is 18.2 Å². The molecule has 0 aliphatic carbocycles. The van der Waals surface area contributed by atoms with Gasteiger partial charge < -0.3 is 20.0 Å². The molecule has 4 rings (SSSR count). The Hall–Kier alpha value is -3.81. The molecular weight excluding hydrogens is 396 g/mol. The lowest BCUT2D eigenvalue weighted by molar-refractivity contribution is -0.384. The molecule has 0 radical (unpaired) electrons. The average Bonchev–Trinajstić information content (AvgIpc) is 3.36. The van der Waals surface area contributed by atoms with Crippen molar-refractivity contribution in [2.75, 3.05) is 23.3 Å². The van der Waals surface area contributed by atoms with Crippen molar-refractivity contribution in [2.45, 2.75) is 25.9 Å². The van der Waals surface area contributed by atoms with Gasteiger partial charge in [-0.15, -0.1) is 0 Å². The minimum absolute atomic E-state index is 0.0429. The molecule has 1 amide bonds. The molecule has 2 aromatic carbocycles. The molecule has 0 bridgehead atoms. The van der Waals surface area contributed by atoms with E-state index in [1.807, 2.05) is 12.1 Å². The zero-order valence-corrected chi connectivity index (χ0v) is 17.2. The highest BCUT2D eigenvalue weighted by Crippen LogP contribution is 2.33. The first-order valence-electron chi connectivity index (χ1n) is 10.2. The van der Waals surface area contributed by atoms with Gasteiger partial charge in [0.2, 0.25) is 0 Å². The van der Waals surface area contributed by atoms with E-state index in [2.05, 4.69) is 34.6 Å². The molecule has 160 valence electrons. The van der Waals surface area contributed by atoms with Crippen LogP contribution in [0.4, 0.5) is 17.1 Å². The smallest absolute Gasteiger partial charge is 0.269 e. The van der Waals surface area contributed by atoms with E-state index in [1.54, 1.807) is 24.5 Å². The van der Waals surface area contributed by atoms with E-state index in [1.165, 1.54) is 23.4 Å².